The third kappa shape index (κ3) is 8.01. The lowest BCUT2D eigenvalue weighted by Crippen LogP contribution is -2.40. The predicted octanol–water partition coefficient (Wildman–Crippen LogP) is 1.58. The highest BCUT2D eigenvalue weighted by molar-refractivity contribution is 5.85. The molecular weight excluding hydrogens is 299 g/mol. The average Bonchev–Trinajstić information content (AvgIpc) is 2.41. The molecule has 0 aromatic rings. The molecule has 0 spiro atoms. The van der Waals surface area contributed by atoms with Crippen LogP contribution in [0.2, 0.25) is 0 Å². The fraction of sp³-hybridized carbons (Fsp3) is 1.00. The van der Waals surface area contributed by atoms with Crippen molar-refractivity contribution in [2.45, 2.75) is 51.6 Å². The Bertz CT molecular complexity index is 201. The minimum Gasteiger partial charge on any atom is -0.396 e. The number of aliphatic hydroxyl groups is 2. The highest BCUT2D eigenvalue weighted by Gasteiger charge is 2.19. The summed E-state index contributed by atoms with van der Waals surface area (Å²) in [6.45, 7) is 7.21. The molecule has 4 N–H and O–H groups in total. The van der Waals surface area contributed by atoms with Crippen LogP contribution in [0.3, 0.4) is 0 Å². The first-order valence-corrected chi connectivity index (χ1v) is 7.37. The van der Waals surface area contributed by atoms with E-state index in [1.54, 1.807) is 0 Å². The minimum absolute atomic E-state index is 0. The van der Waals surface area contributed by atoms with Crippen LogP contribution in [-0.4, -0.2) is 48.6 Å². The first-order valence-electron chi connectivity index (χ1n) is 7.37. The Morgan fingerprint density at radius 1 is 0.800 bits per heavy atom. The Morgan fingerprint density at radius 3 is 1.35 bits per heavy atom. The molecule has 2 aliphatic rings. The zero-order valence-corrected chi connectivity index (χ0v) is 14.3. The maximum atomic E-state index is 8.82. The average molecular weight is 331 g/mol. The number of aliphatic hydroxyl groups excluding tert-OH is 2. The van der Waals surface area contributed by atoms with Gasteiger partial charge in [-0.05, 0) is 64.5 Å². The summed E-state index contributed by atoms with van der Waals surface area (Å²) in [6, 6.07) is 1.03. The second-order valence-electron chi connectivity index (χ2n) is 5.66. The zero-order valence-electron chi connectivity index (χ0n) is 12.7. The van der Waals surface area contributed by atoms with Crippen molar-refractivity contribution in [3.05, 3.63) is 0 Å². The van der Waals surface area contributed by atoms with E-state index in [0.29, 0.717) is 37.1 Å². The molecule has 2 aliphatic heterocycles. The van der Waals surface area contributed by atoms with Gasteiger partial charge in [-0.3, -0.25) is 0 Å². The van der Waals surface area contributed by atoms with Crippen molar-refractivity contribution in [1.29, 1.82) is 0 Å². The van der Waals surface area contributed by atoms with Crippen LogP contribution in [0.4, 0.5) is 0 Å². The van der Waals surface area contributed by atoms with Crippen molar-refractivity contribution in [3.63, 3.8) is 0 Å². The second-order valence-corrected chi connectivity index (χ2v) is 5.66. The molecule has 2 heterocycles. The quantitative estimate of drug-likeness (QED) is 0.620. The Kier molecular flexibility index (Phi) is 14.9. The number of halogens is 2. The van der Waals surface area contributed by atoms with Crippen molar-refractivity contribution in [2.75, 3.05) is 26.3 Å². The third-order valence-electron chi connectivity index (χ3n) is 4.32. The molecule has 0 aromatic heterocycles. The number of rotatable bonds is 2. The Balaban J connectivity index is 0. The summed E-state index contributed by atoms with van der Waals surface area (Å²) in [5.41, 5.74) is 0. The van der Waals surface area contributed by atoms with Gasteiger partial charge >= 0.3 is 0 Å². The van der Waals surface area contributed by atoms with Crippen LogP contribution >= 0.6 is 24.8 Å². The lowest BCUT2D eigenvalue weighted by Gasteiger charge is -2.27. The molecule has 4 nitrogen and oxygen atoms in total. The highest BCUT2D eigenvalue weighted by Crippen LogP contribution is 2.15. The number of hydrogen-bond acceptors (Lipinski definition) is 4. The van der Waals surface area contributed by atoms with E-state index in [-0.39, 0.29) is 24.8 Å². The van der Waals surface area contributed by atoms with Gasteiger partial charge in [-0.1, -0.05) is 0 Å². The van der Waals surface area contributed by atoms with Crippen molar-refractivity contribution in [2.24, 2.45) is 11.8 Å². The minimum atomic E-state index is 0. The van der Waals surface area contributed by atoms with E-state index in [9.17, 15) is 0 Å². The summed E-state index contributed by atoms with van der Waals surface area (Å²) in [6.07, 6.45) is 4.81. The van der Waals surface area contributed by atoms with Crippen molar-refractivity contribution >= 4 is 24.8 Å². The van der Waals surface area contributed by atoms with Crippen molar-refractivity contribution in [1.82, 2.24) is 10.6 Å². The fourth-order valence-electron chi connectivity index (χ4n) is 2.72. The summed E-state index contributed by atoms with van der Waals surface area (Å²) in [5, 5.41) is 24.3. The van der Waals surface area contributed by atoms with Gasteiger partial charge in [-0.15, -0.1) is 24.8 Å². The molecule has 0 saturated carbocycles. The van der Waals surface area contributed by atoms with E-state index in [2.05, 4.69) is 24.5 Å². The summed E-state index contributed by atoms with van der Waals surface area (Å²) < 4.78 is 0. The fourth-order valence-corrected chi connectivity index (χ4v) is 2.72. The first-order chi connectivity index (χ1) is 8.69. The summed E-state index contributed by atoms with van der Waals surface area (Å²) >= 11 is 0. The van der Waals surface area contributed by atoms with Gasteiger partial charge in [0.15, 0.2) is 0 Å². The van der Waals surface area contributed by atoms with Crippen LogP contribution in [0.15, 0.2) is 0 Å². The van der Waals surface area contributed by atoms with Gasteiger partial charge in [0.05, 0.1) is 0 Å². The molecule has 2 saturated heterocycles. The maximum absolute atomic E-state index is 8.82. The van der Waals surface area contributed by atoms with Crippen LogP contribution in [0.25, 0.3) is 0 Å². The molecule has 0 radical (unpaired) electrons. The molecule has 0 unspecified atom stereocenters. The van der Waals surface area contributed by atoms with Gasteiger partial charge in [-0.25, -0.2) is 0 Å². The number of hydrogen-bond donors (Lipinski definition) is 4. The van der Waals surface area contributed by atoms with E-state index in [0.717, 1.165) is 13.1 Å². The first kappa shape index (κ1) is 22.7. The summed E-state index contributed by atoms with van der Waals surface area (Å²) in [7, 11) is 0. The van der Waals surface area contributed by atoms with Gasteiger partial charge in [-0.2, -0.15) is 0 Å². The molecule has 2 fully saturated rings. The maximum Gasteiger partial charge on any atom is 0.0474 e. The van der Waals surface area contributed by atoms with Gasteiger partial charge in [0.1, 0.15) is 0 Å². The molecule has 6 heteroatoms. The molecule has 0 amide bonds. The van der Waals surface area contributed by atoms with E-state index in [4.69, 9.17) is 10.2 Å². The van der Waals surface area contributed by atoms with E-state index in [1.165, 1.54) is 25.7 Å². The van der Waals surface area contributed by atoms with E-state index < -0.39 is 0 Å². The summed E-state index contributed by atoms with van der Waals surface area (Å²) in [5.74, 6) is 0.998. The Hall–Kier alpha value is 0.420. The smallest absolute Gasteiger partial charge is 0.0474 e. The SMILES string of the molecule is C[C@@H]1NCCC[C@@H]1CO.C[C@H]1NCCC[C@H]1CO.Cl.Cl. The highest BCUT2D eigenvalue weighted by atomic mass is 35.5. The third-order valence-corrected chi connectivity index (χ3v) is 4.32. The second kappa shape index (κ2) is 13.1. The predicted molar refractivity (Wildman–Crippen MR) is 89.0 cm³/mol. The van der Waals surface area contributed by atoms with Crippen molar-refractivity contribution in [3.8, 4) is 0 Å². The molecule has 20 heavy (non-hydrogen) atoms. The molecule has 4 atom stereocenters. The van der Waals surface area contributed by atoms with Gasteiger partial charge in [0.2, 0.25) is 0 Å². The van der Waals surface area contributed by atoms with Crippen LogP contribution in [0.5, 0.6) is 0 Å². The summed E-state index contributed by atoms with van der Waals surface area (Å²) in [4.78, 5) is 0. The van der Waals surface area contributed by atoms with Crippen LogP contribution in [0.1, 0.15) is 39.5 Å². The molecule has 124 valence electrons. The van der Waals surface area contributed by atoms with Crippen LogP contribution in [0, 0.1) is 11.8 Å². The largest absolute Gasteiger partial charge is 0.396 e. The zero-order chi connectivity index (χ0) is 13.4. The molecule has 2 rings (SSSR count). The lowest BCUT2D eigenvalue weighted by molar-refractivity contribution is 0.166. The van der Waals surface area contributed by atoms with Gasteiger partial charge in [0.25, 0.3) is 0 Å². The van der Waals surface area contributed by atoms with Gasteiger partial charge < -0.3 is 20.8 Å². The standard InChI is InChI=1S/2C7H15NO.2ClH/c2*1-6-7(5-9)3-2-4-8-6;;/h2*6-9H,2-5H2,1H3;2*1H/t2*6-,7+;;/m10../s1. The number of nitrogens with one attached hydrogen (secondary N) is 2. The lowest BCUT2D eigenvalue weighted by atomic mass is 9.93. The van der Waals surface area contributed by atoms with Crippen LogP contribution in [-0.2, 0) is 0 Å². The van der Waals surface area contributed by atoms with E-state index in [1.807, 2.05) is 0 Å². The van der Waals surface area contributed by atoms with Gasteiger partial charge in [0, 0.05) is 25.3 Å². The molecule has 0 aliphatic carbocycles. The normalized spacial score (nSPS) is 33.0. The number of piperidine rings is 2. The molecular formula is C14H32Cl2N2O2. The molecule has 0 aromatic carbocycles. The molecule has 0 bridgehead atoms. The monoisotopic (exact) mass is 330 g/mol. The topological polar surface area (TPSA) is 64.5 Å². The Labute approximate surface area is 135 Å². The Morgan fingerprint density at radius 2 is 1.15 bits per heavy atom. The van der Waals surface area contributed by atoms with Crippen molar-refractivity contribution < 1.29 is 10.2 Å². The van der Waals surface area contributed by atoms with Crippen LogP contribution < -0.4 is 10.6 Å². The van der Waals surface area contributed by atoms with E-state index >= 15 is 0 Å².